The molecule has 3 aromatic rings. The van der Waals surface area contributed by atoms with Crippen molar-refractivity contribution >= 4 is 22.3 Å². The van der Waals surface area contributed by atoms with E-state index in [-0.39, 0.29) is 0 Å². The molecule has 4 rings (SSSR count). The molecule has 1 N–H and O–H groups in total. The summed E-state index contributed by atoms with van der Waals surface area (Å²) >= 11 is 0. The summed E-state index contributed by atoms with van der Waals surface area (Å²) in [6, 6.07) is 12.1. The predicted octanol–water partition coefficient (Wildman–Crippen LogP) is 2.94. The van der Waals surface area contributed by atoms with Crippen LogP contribution in [0.2, 0.25) is 0 Å². The number of nitrogens with zero attached hydrogens (tertiary/aromatic N) is 4. The highest BCUT2D eigenvalue weighted by Gasteiger charge is 2.17. The Kier molecular flexibility index (Phi) is 4.50. The van der Waals surface area contributed by atoms with Crippen LogP contribution in [0.4, 0.5) is 5.69 Å². The number of pyridine rings is 2. The maximum Gasteiger partial charge on any atom is 0.221 e. The van der Waals surface area contributed by atoms with Crippen LogP contribution in [0.1, 0.15) is 11.3 Å². The van der Waals surface area contributed by atoms with E-state index in [2.05, 4.69) is 37.3 Å². The summed E-state index contributed by atoms with van der Waals surface area (Å²) < 4.78 is 5.84. The van der Waals surface area contributed by atoms with Crippen LogP contribution in [0.15, 0.2) is 53.8 Å². The Balaban J connectivity index is 1.55. The minimum Gasteiger partial charge on any atom is -0.476 e. The molecule has 1 aliphatic heterocycles. The minimum atomic E-state index is 0.609. The number of likely N-dealkylation sites (N-methyl/N-ethyl adjacent to an activating group) is 1. The summed E-state index contributed by atoms with van der Waals surface area (Å²) in [6.45, 7) is 2.13. The van der Waals surface area contributed by atoms with E-state index in [9.17, 15) is 0 Å². The number of anilines is 1. The molecule has 0 saturated heterocycles. The van der Waals surface area contributed by atoms with E-state index in [0.29, 0.717) is 19.0 Å². The van der Waals surface area contributed by atoms with Crippen LogP contribution in [-0.2, 0) is 6.54 Å². The van der Waals surface area contributed by atoms with Gasteiger partial charge in [-0.3, -0.25) is 9.98 Å². The van der Waals surface area contributed by atoms with Crippen LogP contribution in [-0.4, -0.2) is 48.0 Å². The maximum absolute atomic E-state index is 5.84. The van der Waals surface area contributed by atoms with Crippen molar-refractivity contribution in [1.29, 1.82) is 0 Å². The second kappa shape index (κ2) is 7.09. The molecule has 26 heavy (non-hydrogen) atoms. The third-order valence-electron chi connectivity index (χ3n) is 4.29. The summed E-state index contributed by atoms with van der Waals surface area (Å²) in [6.07, 6.45) is 3.58. The highest BCUT2D eigenvalue weighted by atomic mass is 16.5. The second-order valence-corrected chi connectivity index (χ2v) is 6.50. The fourth-order valence-corrected chi connectivity index (χ4v) is 2.92. The fraction of sp³-hybridized carbons (Fsp3) is 0.250. The van der Waals surface area contributed by atoms with E-state index in [1.165, 1.54) is 0 Å². The first-order valence-corrected chi connectivity index (χ1v) is 8.63. The summed E-state index contributed by atoms with van der Waals surface area (Å²) in [7, 11) is 4.05. The third-order valence-corrected chi connectivity index (χ3v) is 4.29. The van der Waals surface area contributed by atoms with Gasteiger partial charge in [0.2, 0.25) is 5.88 Å². The Morgan fingerprint density at radius 3 is 2.92 bits per heavy atom. The van der Waals surface area contributed by atoms with Gasteiger partial charge in [-0.2, -0.15) is 0 Å². The molecular formula is C20H21N5O. The lowest BCUT2D eigenvalue weighted by atomic mass is 10.1. The van der Waals surface area contributed by atoms with Gasteiger partial charge in [0.1, 0.15) is 12.3 Å². The summed E-state index contributed by atoms with van der Waals surface area (Å²) in [5, 5.41) is 5.46. The van der Waals surface area contributed by atoms with Crippen molar-refractivity contribution in [2.24, 2.45) is 4.99 Å². The summed E-state index contributed by atoms with van der Waals surface area (Å²) in [5.74, 6) is 1.48. The van der Waals surface area contributed by atoms with Gasteiger partial charge in [-0.1, -0.05) is 6.07 Å². The van der Waals surface area contributed by atoms with E-state index in [1.54, 1.807) is 12.4 Å². The van der Waals surface area contributed by atoms with Gasteiger partial charge >= 0.3 is 0 Å². The lowest BCUT2D eigenvalue weighted by Gasteiger charge is -2.13. The Bertz CT molecular complexity index is 967. The van der Waals surface area contributed by atoms with Gasteiger partial charge < -0.3 is 15.0 Å². The highest BCUT2D eigenvalue weighted by molar-refractivity contribution is 6.10. The maximum atomic E-state index is 5.84. The molecule has 1 aliphatic rings. The van der Waals surface area contributed by atoms with Crippen LogP contribution in [0.25, 0.3) is 10.8 Å². The molecular weight excluding hydrogens is 326 g/mol. The van der Waals surface area contributed by atoms with Crippen molar-refractivity contribution in [2.75, 3.05) is 32.6 Å². The van der Waals surface area contributed by atoms with Crippen LogP contribution in [0.3, 0.4) is 0 Å². The van der Waals surface area contributed by atoms with Crippen molar-refractivity contribution < 1.29 is 4.74 Å². The second-order valence-electron chi connectivity index (χ2n) is 6.50. The highest BCUT2D eigenvalue weighted by Crippen LogP contribution is 2.27. The van der Waals surface area contributed by atoms with Gasteiger partial charge in [-0.15, -0.1) is 0 Å². The summed E-state index contributed by atoms with van der Waals surface area (Å²) in [4.78, 5) is 15.4. The zero-order valence-electron chi connectivity index (χ0n) is 14.9. The molecule has 0 amide bonds. The van der Waals surface area contributed by atoms with E-state index in [4.69, 9.17) is 4.74 Å². The molecule has 0 aliphatic carbocycles. The number of ether oxygens (including phenoxy) is 1. The van der Waals surface area contributed by atoms with Gasteiger partial charge in [-0.05, 0) is 49.8 Å². The average Bonchev–Trinajstić information content (AvgIpc) is 3.04. The molecule has 0 saturated carbocycles. The summed E-state index contributed by atoms with van der Waals surface area (Å²) in [5.41, 5.74) is 3.05. The van der Waals surface area contributed by atoms with Gasteiger partial charge in [0.05, 0.1) is 6.54 Å². The molecule has 0 bridgehead atoms. The van der Waals surface area contributed by atoms with Crippen LogP contribution >= 0.6 is 0 Å². The molecule has 1 aromatic carbocycles. The van der Waals surface area contributed by atoms with Crippen molar-refractivity contribution in [2.45, 2.75) is 6.54 Å². The zero-order valence-corrected chi connectivity index (χ0v) is 14.9. The van der Waals surface area contributed by atoms with Gasteiger partial charge in [0.15, 0.2) is 5.84 Å². The lowest BCUT2D eigenvalue weighted by Crippen LogP contribution is -2.19. The largest absolute Gasteiger partial charge is 0.476 e. The molecule has 6 heteroatoms. The number of hydrogen-bond acceptors (Lipinski definition) is 6. The van der Waals surface area contributed by atoms with Crippen molar-refractivity contribution in [3.8, 4) is 5.88 Å². The predicted molar refractivity (Wildman–Crippen MR) is 104 cm³/mol. The third kappa shape index (κ3) is 3.36. The van der Waals surface area contributed by atoms with E-state index in [0.717, 1.165) is 40.1 Å². The molecule has 132 valence electrons. The first kappa shape index (κ1) is 16.5. The quantitative estimate of drug-likeness (QED) is 0.769. The number of benzene rings is 1. The topological polar surface area (TPSA) is 62.6 Å². The molecule has 6 nitrogen and oxygen atoms in total. The lowest BCUT2D eigenvalue weighted by molar-refractivity contribution is 0.256. The fourth-order valence-electron chi connectivity index (χ4n) is 2.92. The number of hydrogen-bond donors (Lipinski definition) is 1. The van der Waals surface area contributed by atoms with Crippen molar-refractivity contribution in [3.63, 3.8) is 0 Å². The number of aliphatic imine (C=N–C) groups is 1. The number of amidine groups is 1. The smallest absolute Gasteiger partial charge is 0.221 e. The first-order chi connectivity index (χ1) is 12.7. The first-order valence-electron chi connectivity index (χ1n) is 8.63. The van der Waals surface area contributed by atoms with Crippen LogP contribution < -0.4 is 10.1 Å². The standard InChI is InChI=1S/C20H21N5O/c1-25(2)10-11-26-20-17-6-5-16(12-14(17)7-9-22-20)24-19-18-15(13-23-19)4-3-8-21-18/h3-9,12H,10-11,13H2,1-2H3,(H,23,24). The minimum absolute atomic E-state index is 0.609. The van der Waals surface area contributed by atoms with Gasteiger partial charge in [0.25, 0.3) is 0 Å². The van der Waals surface area contributed by atoms with E-state index in [1.807, 2.05) is 38.4 Å². The van der Waals surface area contributed by atoms with E-state index >= 15 is 0 Å². The molecule has 0 unspecified atom stereocenters. The molecule has 0 fully saturated rings. The Labute approximate surface area is 152 Å². The van der Waals surface area contributed by atoms with Crippen LogP contribution in [0.5, 0.6) is 5.88 Å². The zero-order chi connectivity index (χ0) is 17.9. The number of fused-ring (bicyclic) bond motifs is 2. The molecule has 3 heterocycles. The van der Waals surface area contributed by atoms with Crippen molar-refractivity contribution in [3.05, 3.63) is 60.0 Å². The van der Waals surface area contributed by atoms with Crippen LogP contribution in [0, 0.1) is 0 Å². The molecule has 0 radical (unpaired) electrons. The average molecular weight is 347 g/mol. The molecule has 0 spiro atoms. The SMILES string of the molecule is CN(C)CCOc1nccc2cc(NC3=NCc4cccnc43)ccc12. The Hall–Kier alpha value is -2.99. The van der Waals surface area contributed by atoms with Gasteiger partial charge in [0, 0.05) is 35.6 Å². The molecule has 0 atom stereocenters. The van der Waals surface area contributed by atoms with Crippen molar-refractivity contribution in [1.82, 2.24) is 14.9 Å². The number of rotatable bonds is 5. The Morgan fingerprint density at radius 1 is 1.12 bits per heavy atom. The Morgan fingerprint density at radius 2 is 2.04 bits per heavy atom. The molecule has 2 aromatic heterocycles. The van der Waals surface area contributed by atoms with Gasteiger partial charge in [-0.25, -0.2) is 4.98 Å². The number of aromatic nitrogens is 2. The van der Waals surface area contributed by atoms with E-state index < -0.39 is 0 Å². The monoisotopic (exact) mass is 347 g/mol. The number of nitrogens with one attached hydrogen (secondary N) is 1. The normalized spacial score (nSPS) is 13.0.